The number of carbonyl (C=O) groups excluding carboxylic acids is 2. The zero-order valence-corrected chi connectivity index (χ0v) is 31.5. The number of fused-ring (bicyclic) bond motifs is 1. The lowest BCUT2D eigenvalue weighted by Crippen LogP contribution is -2.36. The summed E-state index contributed by atoms with van der Waals surface area (Å²) < 4.78 is 11.4. The zero-order chi connectivity index (χ0) is 34.9. The van der Waals surface area contributed by atoms with Gasteiger partial charge in [-0.25, -0.2) is 19.6 Å². The highest BCUT2D eigenvalue weighted by atomic mass is 32.1. The number of hydrogen-bond acceptors (Lipinski definition) is 8. The predicted molar refractivity (Wildman–Crippen MR) is 198 cm³/mol. The van der Waals surface area contributed by atoms with E-state index in [-0.39, 0.29) is 24.3 Å². The van der Waals surface area contributed by atoms with Crippen LogP contribution < -0.4 is 0 Å². The van der Waals surface area contributed by atoms with Crippen molar-refractivity contribution in [2.24, 2.45) is 0 Å². The van der Waals surface area contributed by atoms with Crippen molar-refractivity contribution < 1.29 is 19.1 Å². The van der Waals surface area contributed by atoms with E-state index in [1.54, 1.807) is 22.7 Å². The normalized spacial score (nSPS) is 22.8. The fourth-order valence-electron chi connectivity index (χ4n) is 8.30. The Kier molecular flexibility index (Phi) is 8.33. The van der Waals surface area contributed by atoms with Crippen LogP contribution in [0.1, 0.15) is 136 Å². The highest BCUT2D eigenvalue weighted by Gasteiger charge is 2.39. The molecule has 2 unspecified atom stereocenters. The van der Waals surface area contributed by atoms with Gasteiger partial charge in [0.2, 0.25) is 0 Å². The highest BCUT2D eigenvalue weighted by Crippen LogP contribution is 2.54. The van der Waals surface area contributed by atoms with Crippen molar-refractivity contribution in [1.82, 2.24) is 19.8 Å². The summed E-state index contributed by atoms with van der Waals surface area (Å²) in [6.45, 7) is 12.9. The summed E-state index contributed by atoms with van der Waals surface area (Å²) in [5, 5.41) is 2.01. The van der Waals surface area contributed by atoms with Crippen molar-refractivity contribution in [3.8, 4) is 21.1 Å². The second-order valence-electron chi connectivity index (χ2n) is 16.2. The van der Waals surface area contributed by atoms with Gasteiger partial charge in [-0.05, 0) is 114 Å². The fraction of sp³-hybridized carbons (Fsp3) is 0.500. The van der Waals surface area contributed by atoms with Gasteiger partial charge in [0.25, 0.3) is 0 Å². The topological polar surface area (TPSA) is 84.9 Å². The van der Waals surface area contributed by atoms with Crippen LogP contribution in [0.5, 0.6) is 0 Å². The van der Waals surface area contributed by atoms with E-state index in [0.29, 0.717) is 24.9 Å². The Hall–Kier alpha value is -3.76. The molecule has 3 aliphatic carbocycles. The quantitative estimate of drug-likeness (QED) is 0.210. The van der Waals surface area contributed by atoms with E-state index in [2.05, 4.69) is 36.4 Å². The molecule has 262 valence electrons. The SMILES string of the molecule is CC(C)(C)OC(=O)N1CCC[C@H]1c1cnc(-c2ccc3c(c2)C2CCC3c3cc(-c4ncc([C@@H]5CCCN5C(=O)OC(C)(C)C)s4)ccc32)s1. The van der Waals surface area contributed by atoms with E-state index < -0.39 is 11.2 Å². The predicted octanol–water partition coefficient (Wildman–Crippen LogP) is 10.4. The third kappa shape index (κ3) is 6.23. The van der Waals surface area contributed by atoms with Crippen LogP contribution in [-0.4, -0.2) is 56.2 Å². The summed E-state index contributed by atoms with van der Waals surface area (Å²) in [5.41, 5.74) is 6.97. The fourth-order valence-corrected chi connectivity index (χ4v) is 10.4. The third-order valence-corrected chi connectivity index (χ3v) is 12.7. The van der Waals surface area contributed by atoms with E-state index in [4.69, 9.17) is 19.4 Å². The Morgan fingerprint density at radius 1 is 0.640 bits per heavy atom. The first kappa shape index (κ1) is 33.4. The minimum Gasteiger partial charge on any atom is -0.444 e. The average molecular weight is 711 g/mol. The smallest absolute Gasteiger partial charge is 0.410 e. The molecule has 2 amide bonds. The number of nitrogens with zero attached hydrogens (tertiary/aromatic N) is 4. The Balaban J connectivity index is 1.01. The van der Waals surface area contributed by atoms with Crippen molar-refractivity contribution in [2.75, 3.05) is 13.1 Å². The van der Waals surface area contributed by atoms with Crippen LogP contribution in [0.3, 0.4) is 0 Å². The molecule has 8 nitrogen and oxygen atoms in total. The van der Waals surface area contributed by atoms with Crippen molar-refractivity contribution in [3.05, 3.63) is 80.8 Å². The molecule has 4 aromatic rings. The minimum absolute atomic E-state index is 0.0156. The molecule has 2 aliphatic heterocycles. The molecule has 50 heavy (non-hydrogen) atoms. The molecule has 5 aliphatic rings. The average Bonchev–Trinajstić information content (AvgIpc) is 3.89. The van der Waals surface area contributed by atoms with Gasteiger partial charge in [-0.2, -0.15) is 0 Å². The van der Waals surface area contributed by atoms with Gasteiger partial charge in [-0.1, -0.05) is 24.3 Å². The van der Waals surface area contributed by atoms with Gasteiger partial charge >= 0.3 is 12.2 Å². The van der Waals surface area contributed by atoms with Crippen molar-refractivity contribution >= 4 is 34.9 Å². The van der Waals surface area contributed by atoms with Gasteiger partial charge in [0.05, 0.1) is 12.1 Å². The van der Waals surface area contributed by atoms with Crippen LogP contribution in [-0.2, 0) is 9.47 Å². The summed E-state index contributed by atoms with van der Waals surface area (Å²) in [7, 11) is 0. The first-order valence-corrected chi connectivity index (χ1v) is 19.7. The van der Waals surface area contributed by atoms with Gasteiger partial charge in [0.1, 0.15) is 21.2 Å². The Bertz CT molecular complexity index is 1810. The number of carbonyl (C=O) groups is 2. The summed E-state index contributed by atoms with van der Waals surface area (Å²) in [6.07, 6.45) is 9.53. The van der Waals surface area contributed by atoms with Crippen LogP contribution in [0, 0.1) is 0 Å². The number of hydrogen-bond donors (Lipinski definition) is 0. The highest BCUT2D eigenvalue weighted by molar-refractivity contribution is 7.15. The van der Waals surface area contributed by atoms with Gasteiger partial charge in [-0.15, -0.1) is 22.7 Å². The number of thiazole rings is 2. The minimum atomic E-state index is -0.516. The van der Waals surface area contributed by atoms with Crippen molar-refractivity contribution in [1.29, 1.82) is 0 Å². The molecule has 0 radical (unpaired) electrons. The standard InChI is InChI=1S/C40H46N4O4S2/c1-39(2,3)47-37(45)43-17-7-9-31(43)33-21-41-35(49-33)23-11-13-25-28-16-15-27(29(25)19-23)26-14-12-24(20-30(26)28)36-42-22-34(50-36)32-10-8-18-44(32)38(46)48-40(4,5)6/h11-14,19-22,27-28,31-32H,7-10,15-18H2,1-6H3/t27?,28?,31-,32-/m0/s1. The van der Waals surface area contributed by atoms with E-state index in [1.165, 1.54) is 22.3 Å². The molecular weight excluding hydrogens is 665 g/mol. The lowest BCUT2D eigenvalue weighted by Gasteiger charge is -2.40. The molecule has 10 heteroatoms. The molecule has 9 rings (SSSR count). The van der Waals surface area contributed by atoms with E-state index in [9.17, 15) is 9.59 Å². The van der Waals surface area contributed by atoms with Gasteiger partial charge in [0, 0.05) is 58.2 Å². The van der Waals surface area contributed by atoms with Gasteiger partial charge < -0.3 is 19.3 Å². The Labute approximate surface area is 302 Å². The summed E-state index contributed by atoms with van der Waals surface area (Å²) in [6, 6.07) is 13.9. The molecule has 2 bridgehead atoms. The van der Waals surface area contributed by atoms with Gasteiger partial charge in [0.15, 0.2) is 0 Å². The molecule has 0 N–H and O–H groups in total. The first-order valence-electron chi connectivity index (χ1n) is 18.0. The number of rotatable bonds is 4. The maximum atomic E-state index is 13.0. The number of aromatic nitrogens is 2. The van der Waals surface area contributed by atoms with Crippen LogP contribution in [0.25, 0.3) is 21.1 Å². The monoisotopic (exact) mass is 710 g/mol. The molecule has 0 saturated carbocycles. The molecule has 2 aromatic carbocycles. The summed E-state index contributed by atoms with van der Waals surface area (Å²) in [5.74, 6) is 0.729. The second-order valence-corrected chi connectivity index (χ2v) is 18.3. The Morgan fingerprint density at radius 3 is 1.46 bits per heavy atom. The molecular formula is C40H46N4O4S2. The first-order chi connectivity index (χ1) is 23.8. The van der Waals surface area contributed by atoms with Crippen LogP contribution in [0.15, 0.2) is 48.8 Å². The van der Waals surface area contributed by atoms with E-state index in [0.717, 1.165) is 69.4 Å². The lowest BCUT2D eigenvalue weighted by molar-refractivity contribution is 0.0216. The number of amides is 2. The molecule has 2 aromatic heterocycles. The zero-order valence-electron chi connectivity index (χ0n) is 29.8. The third-order valence-electron chi connectivity index (χ3n) is 10.4. The maximum Gasteiger partial charge on any atom is 0.410 e. The molecule has 2 saturated heterocycles. The lowest BCUT2D eigenvalue weighted by atomic mass is 9.63. The molecule has 4 heterocycles. The number of likely N-dealkylation sites (tertiary alicyclic amines) is 2. The Morgan fingerprint density at radius 2 is 1.06 bits per heavy atom. The van der Waals surface area contributed by atoms with Crippen molar-refractivity contribution in [2.45, 2.75) is 115 Å². The van der Waals surface area contributed by atoms with Crippen LogP contribution in [0.2, 0.25) is 0 Å². The van der Waals surface area contributed by atoms with Crippen molar-refractivity contribution in [3.63, 3.8) is 0 Å². The molecule has 2 fully saturated rings. The summed E-state index contributed by atoms with van der Waals surface area (Å²) >= 11 is 3.40. The maximum absolute atomic E-state index is 13.0. The second kappa shape index (κ2) is 12.5. The van der Waals surface area contributed by atoms with E-state index >= 15 is 0 Å². The largest absolute Gasteiger partial charge is 0.444 e. The molecule has 4 atom stereocenters. The number of ether oxygens (including phenoxy) is 2. The van der Waals surface area contributed by atoms with Crippen LogP contribution >= 0.6 is 22.7 Å². The summed E-state index contributed by atoms with van der Waals surface area (Å²) in [4.78, 5) is 41.6. The van der Waals surface area contributed by atoms with Crippen LogP contribution in [0.4, 0.5) is 9.59 Å². The number of benzene rings is 2. The molecule has 0 spiro atoms. The van der Waals surface area contributed by atoms with E-state index in [1.807, 2.05) is 63.7 Å². The van der Waals surface area contributed by atoms with Gasteiger partial charge in [-0.3, -0.25) is 0 Å².